The highest BCUT2D eigenvalue weighted by Crippen LogP contribution is 2.23. The van der Waals surface area contributed by atoms with Crippen LogP contribution in [-0.4, -0.2) is 53.0 Å². The number of carbonyl (C=O) groups excluding carboxylic acids is 1. The standard InChI is InChI=1S/C15H22N4OS/c1-11-12(2)21-14(16-11)17-15(20)19-9-5-13(6-10-19)18-7-3-4-8-18/h3-4,13H,5-10H2,1-2H3,(H,16,17,20). The van der Waals surface area contributed by atoms with Gasteiger partial charge in [0.05, 0.1) is 5.69 Å². The summed E-state index contributed by atoms with van der Waals surface area (Å²) >= 11 is 1.54. The first kappa shape index (κ1) is 14.5. The molecule has 1 aromatic heterocycles. The molecule has 21 heavy (non-hydrogen) atoms. The zero-order valence-corrected chi connectivity index (χ0v) is 13.4. The number of thiazole rings is 1. The summed E-state index contributed by atoms with van der Waals surface area (Å²) in [5.74, 6) is 0. The van der Waals surface area contributed by atoms with Crippen LogP contribution in [0.3, 0.4) is 0 Å². The van der Waals surface area contributed by atoms with Gasteiger partial charge in [-0.15, -0.1) is 11.3 Å². The second-order valence-corrected chi connectivity index (χ2v) is 6.94. The first-order valence-corrected chi connectivity index (χ1v) is 8.34. The number of likely N-dealkylation sites (tertiary alicyclic amines) is 1. The van der Waals surface area contributed by atoms with E-state index in [1.54, 1.807) is 11.3 Å². The molecular formula is C15H22N4OS. The Hall–Kier alpha value is -1.40. The van der Waals surface area contributed by atoms with Gasteiger partial charge in [0.25, 0.3) is 0 Å². The average molecular weight is 306 g/mol. The van der Waals surface area contributed by atoms with Crippen molar-refractivity contribution in [2.45, 2.75) is 32.7 Å². The van der Waals surface area contributed by atoms with Gasteiger partial charge in [0.2, 0.25) is 0 Å². The Kier molecular flexibility index (Phi) is 4.26. The molecule has 0 saturated carbocycles. The number of rotatable bonds is 2. The van der Waals surface area contributed by atoms with Gasteiger partial charge in [-0.05, 0) is 26.7 Å². The van der Waals surface area contributed by atoms with E-state index in [9.17, 15) is 4.79 Å². The second-order valence-electron chi connectivity index (χ2n) is 5.73. The van der Waals surface area contributed by atoms with Crippen molar-refractivity contribution in [2.75, 3.05) is 31.5 Å². The molecule has 5 nitrogen and oxygen atoms in total. The minimum absolute atomic E-state index is 0.0123. The Bertz CT molecular complexity index is 518. The van der Waals surface area contributed by atoms with Gasteiger partial charge in [0, 0.05) is 37.1 Å². The van der Waals surface area contributed by atoms with Gasteiger partial charge in [0.1, 0.15) is 0 Å². The highest BCUT2D eigenvalue weighted by Gasteiger charge is 2.27. The van der Waals surface area contributed by atoms with Crippen LogP contribution in [-0.2, 0) is 0 Å². The maximum atomic E-state index is 12.3. The number of aromatic nitrogens is 1. The minimum atomic E-state index is -0.0123. The van der Waals surface area contributed by atoms with Crippen LogP contribution in [0, 0.1) is 13.8 Å². The highest BCUT2D eigenvalue weighted by molar-refractivity contribution is 7.15. The number of carbonyl (C=O) groups is 1. The van der Waals surface area contributed by atoms with E-state index >= 15 is 0 Å². The molecule has 0 bridgehead atoms. The van der Waals surface area contributed by atoms with Crippen LogP contribution in [0.4, 0.5) is 9.93 Å². The third-order valence-corrected chi connectivity index (χ3v) is 5.35. The van der Waals surface area contributed by atoms with Crippen LogP contribution in [0.25, 0.3) is 0 Å². The van der Waals surface area contributed by atoms with Crippen molar-refractivity contribution in [2.24, 2.45) is 0 Å². The van der Waals surface area contributed by atoms with Crippen molar-refractivity contribution in [3.05, 3.63) is 22.7 Å². The van der Waals surface area contributed by atoms with Crippen molar-refractivity contribution >= 4 is 22.5 Å². The van der Waals surface area contributed by atoms with E-state index in [-0.39, 0.29) is 6.03 Å². The van der Waals surface area contributed by atoms with Crippen molar-refractivity contribution in [1.82, 2.24) is 14.8 Å². The maximum Gasteiger partial charge on any atom is 0.323 e. The quantitative estimate of drug-likeness (QED) is 0.855. The van der Waals surface area contributed by atoms with Crippen molar-refractivity contribution in [3.8, 4) is 0 Å². The summed E-state index contributed by atoms with van der Waals surface area (Å²) in [5.41, 5.74) is 0.996. The molecule has 1 fully saturated rings. The molecular weight excluding hydrogens is 284 g/mol. The number of anilines is 1. The molecule has 1 saturated heterocycles. The molecule has 0 unspecified atom stereocenters. The molecule has 0 aliphatic carbocycles. The molecule has 114 valence electrons. The summed E-state index contributed by atoms with van der Waals surface area (Å²) < 4.78 is 0. The van der Waals surface area contributed by atoms with Gasteiger partial charge in [-0.25, -0.2) is 9.78 Å². The van der Waals surface area contributed by atoms with Gasteiger partial charge in [-0.3, -0.25) is 10.2 Å². The Morgan fingerprint density at radius 2 is 1.95 bits per heavy atom. The van der Waals surface area contributed by atoms with Crippen LogP contribution >= 0.6 is 11.3 Å². The largest absolute Gasteiger partial charge is 0.324 e. The van der Waals surface area contributed by atoms with Crippen molar-refractivity contribution in [1.29, 1.82) is 0 Å². The predicted molar refractivity (Wildman–Crippen MR) is 85.9 cm³/mol. The molecule has 2 amide bonds. The van der Waals surface area contributed by atoms with Crippen molar-refractivity contribution in [3.63, 3.8) is 0 Å². The van der Waals surface area contributed by atoms with E-state index < -0.39 is 0 Å². The normalized spacial score (nSPS) is 20.2. The lowest BCUT2D eigenvalue weighted by Crippen LogP contribution is -2.47. The molecule has 2 aliphatic heterocycles. The predicted octanol–water partition coefficient (Wildman–Crippen LogP) is 2.63. The number of hydrogen-bond acceptors (Lipinski definition) is 4. The molecule has 1 aromatic rings. The molecule has 1 N–H and O–H groups in total. The van der Waals surface area contributed by atoms with Crippen LogP contribution in [0.15, 0.2) is 12.2 Å². The zero-order valence-electron chi connectivity index (χ0n) is 12.6. The van der Waals surface area contributed by atoms with Gasteiger partial charge in [-0.2, -0.15) is 0 Å². The van der Waals surface area contributed by atoms with E-state index in [4.69, 9.17) is 0 Å². The molecule has 0 atom stereocenters. The second kappa shape index (κ2) is 6.15. The number of urea groups is 1. The molecule has 3 heterocycles. The van der Waals surface area contributed by atoms with Crippen molar-refractivity contribution < 1.29 is 4.79 Å². The van der Waals surface area contributed by atoms with Crippen LogP contribution in [0.5, 0.6) is 0 Å². The number of hydrogen-bond donors (Lipinski definition) is 1. The molecule has 0 spiro atoms. The molecule has 6 heteroatoms. The fourth-order valence-electron chi connectivity index (χ4n) is 2.92. The Morgan fingerprint density at radius 3 is 2.52 bits per heavy atom. The SMILES string of the molecule is Cc1nc(NC(=O)N2CCC(N3CC=CC3)CC2)sc1C. The summed E-state index contributed by atoms with van der Waals surface area (Å²) in [6.45, 7) is 7.78. The van der Waals surface area contributed by atoms with Gasteiger partial charge < -0.3 is 4.90 Å². The summed E-state index contributed by atoms with van der Waals surface area (Å²) in [6.07, 6.45) is 6.58. The first-order valence-electron chi connectivity index (χ1n) is 7.52. The molecule has 0 aromatic carbocycles. The number of piperidine rings is 1. The summed E-state index contributed by atoms with van der Waals surface area (Å²) in [6, 6.07) is 0.607. The van der Waals surface area contributed by atoms with Gasteiger partial charge in [-0.1, -0.05) is 12.2 Å². The topological polar surface area (TPSA) is 48.5 Å². The Labute approximate surface area is 129 Å². The van der Waals surface area contributed by atoms with E-state index in [0.717, 1.165) is 49.6 Å². The van der Waals surface area contributed by atoms with E-state index in [1.807, 2.05) is 18.7 Å². The first-order chi connectivity index (χ1) is 10.1. The Balaban J connectivity index is 1.50. The monoisotopic (exact) mass is 306 g/mol. The molecule has 0 radical (unpaired) electrons. The number of amides is 2. The maximum absolute atomic E-state index is 12.3. The highest BCUT2D eigenvalue weighted by atomic mass is 32.1. The third-order valence-electron chi connectivity index (χ3n) is 4.36. The van der Waals surface area contributed by atoms with Gasteiger partial charge in [0.15, 0.2) is 5.13 Å². The average Bonchev–Trinajstić information content (AvgIpc) is 3.10. The van der Waals surface area contributed by atoms with E-state index in [0.29, 0.717) is 11.2 Å². The fraction of sp³-hybridized carbons (Fsp3) is 0.600. The lowest BCUT2D eigenvalue weighted by atomic mass is 10.0. The van der Waals surface area contributed by atoms with Crippen LogP contribution in [0.1, 0.15) is 23.4 Å². The lowest BCUT2D eigenvalue weighted by Gasteiger charge is -2.36. The number of nitrogens with zero attached hydrogens (tertiary/aromatic N) is 3. The van der Waals surface area contributed by atoms with Gasteiger partial charge >= 0.3 is 6.03 Å². The summed E-state index contributed by atoms with van der Waals surface area (Å²) in [7, 11) is 0. The molecule has 2 aliphatic rings. The smallest absolute Gasteiger partial charge is 0.323 e. The summed E-state index contributed by atoms with van der Waals surface area (Å²) in [5, 5.41) is 3.64. The number of aryl methyl sites for hydroxylation is 2. The molecule has 3 rings (SSSR count). The Morgan fingerprint density at radius 1 is 1.29 bits per heavy atom. The lowest BCUT2D eigenvalue weighted by molar-refractivity contribution is 0.144. The minimum Gasteiger partial charge on any atom is -0.324 e. The van der Waals surface area contributed by atoms with Crippen LogP contribution < -0.4 is 5.32 Å². The van der Waals surface area contributed by atoms with E-state index in [2.05, 4.69) is 27.4 Å². The zero-order chi connectivity index (χ0) is 14.8. The van der Waals surface area contributed by atoms with E-state index in [1.165, 1.54) is 0 Å². The van der Waals surface area contributed by atoms with Crippen LogP contribution in [0.2, 0.25) is 0 Å². The third kappa shape index (κ3) is 3.27. The fourth-order valence-corrected chi connectivity index (χ4v) is 3.73. The number of nitrogens with one attached hydrogen (secondary N) is 1. The summed E-state index contributed by atoms with van der Waals surface area (Å²) in [4.78, 5) is 22.2.